The van der Waals surface area contributed by atoms with Crippen molar-refractivity contribution in [3.63, 3.8) is 0 Å². The van der Waals surface area contributed by atoms with Gasteiger partial charge in [-0.3, -0.25) is 4.79 Å². The molecule has 0 saturated carbocycles. The maximum Gasteiger partial charge on any atom is 0.239 e. The number of nitrogens with one attached hydrogen (secondary N) is 2. The Hall–Kier alpha value is -2.07. The van der Waals surface area contributed by atoms with Crippen molar-refractivity contribution in [2.24, 2.45) is 0 Å². The Labute approximate surface area is 128 Å². The van der Waals surface area contributed by atoms with Gasteiger partial charge in [-0.25, -0.2) is 4.39 Å². The third-order valence-corrected chi connectivity index (χ3v) is 3.26. The maximum absolute atomic E-state index is 13.6. The third-order valence-electron chi connectivity index (χ3n) is 2.97. The summed E-state index contributed by atoms with van der Waals surface area (Å²) in [6.45, 7) is 0.550. The van der Waals surface area contributed by atoms with Gasteiger partial charge in [-0.15, -0.1) is 0 Å². The zero-order chi connectivity index (χ0) is 15.1. The SMILES string of the molecule is O=C(CNc1cccc(Cl)c1F)NCCc1ccccc1. The fourth-order valence-corrected chi connectivity index (χ4v) is 2.04. The molecule has 2 aromatic rings. The van der Waals surface area contributed by atoms with Gasteiger partial charge in [-0.1, -0.05) is 48.0 Å². The van der Waals surface area contributed by atoms with E-state index < -0.39 is 5.82 Å². The fourth-order valence-electron chi connectivity index (χ4n) is 1.87. The number of carbonyl (C=O) groups is 1. The molecule has 2 N–H and O–H groups in total. The molecule has 1 amide bonds. The molecule has 0 aromatic heterocycles. The van der Waals surface area contributed by atoms with Crippen molar-refractivity contribution >= 4 is 23.2 Å². The third kappa shape index (κ3) is 4.76. The van der Waals surface area contributed by atoms with Crippen LogP contribution in [0.3, 0.4) is 0 Å². The van der Waals surface area contributed by atoms with Crippen LogP contribution in [0.2, 0.25) is 5.02 Å². The molecule has 2 rings (SSSR count). The minimum absolute atomic E-state index is 0.00600. The van der Waals surface area contributed by atoms with Crippen molar-refractivity contribution < 1.29 is 9.18 Å². The molecule has 0 saturated heterocycles. The van der Waals surface area contributed by atoms with Crippen LogP contribution >= 0.6 is 11.6 Å². The summed E-state index contributed by atoms with van der Waals surface area (Å²) in [6, 6.07) is 14.5. The summed E-state index contributed by atoms with van der Waals surface area (Å²) in [7, 11) is 0. The smallest absolute Gasteiger partial charge is 0.239 e. The van der Waals surface area contributed by atoms with Crippen molar-refractivity contribution in [1.29, 1.82) is 0 Å². The number of hydrogen-bond donors (Lipinski definition) is 2. The van der Waals surface area contributed by atoms with Crippen molar-refractivity contribution in [3.8, 4) is 0 Å². The monoisotopic (exact) mass is 306 g/mol. The summed E-state index contributed by atoms with van der Waals surface area (Å²) in [6.07, 6.45) is 0.762. The van der Waals surface area contributed by atoms with Gasteiger partial charge in [0.15, 0.2) is 5.82 Å². The first-order chi connectivity index (χ1) is 10.2. The molecular weight excluding hydrogens is 291 g/mol. The summed E-state index contributed by atoms with van der Waals surface area (Å²) >= 11 is 5.67. The maximum atomic E-state index is 13.6. The van der Waals surface area contributed by atoms with Crippen molar-refractivity contribution in [2.75, 3.05) is 18.4 Å². The molecule has 0 bridgehead atoms. The van der Waals surface area contributed by atoms with Gasteiger partial charge < -0.3 is 10.6 Å². The predicted octanol–water partition coefficient (Wildman–Crippen LogP) is 3.25. The van der Waals surface area contributed by atoms with Crippen LogP contribution in [0.5, 0.6) is 0 Å². The highest BCUT2D eigenvalue weighted by Crippen LogP contribution is 2.21. The number of rotatable bonds is 6. The van der Waals surface area contributed by atoms with E-state index >= 15 is 0 Å². The number of anilines is 1. The van der Waals surface area contributed by atoms with Crippen LogP contribution in [-0.2, 0) is 11.2 Å². The van der Waals surface area contributed by atoms with E-state index in [9.17, 15) is 9.18 Å². The number of amides is 1. The van der Waals surface area contributed by atoms with Gasteiger partial charge in [0.1, 0.15) is 0 Å². The predicted molar refractivity (Wildman–Crippen MR) is 83.1 cm³/mol. The van der Waals surface area contributed by atoms with Gasteiger partial charge >= 0.3 is 0 Å². The average Bonchev–Trinajstić information content (AvgIpc) is 2.50. The lowest BCUT2D eigenvalue weighted by atomic mass is 10.1. The van der Waals surface area contributed by atoms with Gasteiger partial charge in [0.05, 0.1) is 17.3 Å². The summed E-state index contributed by atoms with van der Waals surface area (Å²) in [4.78, 5) is 11.7. The summed E-state index contributed by atoms with van der Waals surface area (Å²) in [5.74, 6) is -0.735. The summed E-state index contributed by atoms with van der Waals surface area (Å²) in [5.41, 5.74) is 1.38. The van der Waals surface area contributed by atoms with Gasteiger partial charge in [0, 0.05) is 6.54 Å². The first-order valence-corrected chi connectivity index (χ1v) is 7.03. The highest BCUT2D eigenvalue weighted by Gasteiger charge is 2.07. The molecule has 110 valence electrons. The Morgan fingerprint density at radius 1 is 1.10 bits per heavy atom. The van der Waals surface area contributed by atoms with Gasteiger partial charge in [-0.05, 0) is 24.1 Å². The Kier molecular flexibility index (Phi) is 5.58. The molecule has 21 heavy (non-hydrogen) atoms. The molecule has 0 aliphatic carbocycles. The van der Waals surface area contributed by atoms with Crippen LogP contribution in [0.15, 0.2) is 48.5 Å². The van der Waals surface area contributed by atoms with E-state index in [1.807, 2.05) is 30.3 Å². The van der Waals surface area contributed by atoms with E-state index in [0.29, 0.717) is 6.54 Å². The molecule has 3 nitrogen and oxygen atoms in total. The van der Waals surface area contributed by atoms with Crippen molar-refractivity contribution in [3.05, 3.63) is 64.9 Å². The molecular formula is C16H16ClFN2O. The summed E-state index contributed by atoms with van der Waals surface area (Å²) < 4.78 is 13.6. The van der Waals surface area contributed by atoms with Crippen molar-refractivity contribution in [1.82, 2.24) is 5.32 Å². The largest absolute Gasteiger partial charge is 0.374 e. The Bertz CT molecular complexity index is 604. The van der Waals surface area contributed by atoms with E-state index in [0.717, 1.165) is 12.0 Å². The van der Waals surface area contributed by atoms with Gasteiger partial charge in [0.25, 0.3) is 0 Å². The Morgan fingerprint density at radius 2 is 1.86 bits per heavy atom. The Balaban J connectivity index is 1.74. The van der Waals surface area contributed by atoms with Gasteiger partial charge in [0.2, 0.25) is 5.91 Å². The molecule has 0 aliphatic heterocycles. The van der Waals surface area contributed by atoms with E-state index in [-0.39, 0.29) is 23.2 Å². The molecule has 0 spiro atoms. The van der Waals surface area contributed by atoms with Crippen LogP contribution < -0.4 is 10.6 Å². The van der Waals surface area contributed by atoms with E-state index in [4.69, 9.17) is 11.6 Å². The van der Waals surface area contributed by atoms with Crippen LogP contribution in [0.25, 0.3) is 0 Å². The molecule has 0 atom stereocenters. The lowest BCUT2D eigenvalue weighted by Crippen LogP contribution is -2.31. The topological polar surface area (TPSA) is 41.1 Å². The number of carbonyl (C=O) groups excluding carboxylic acids is 1. The van der Waals surface area contributed by atoms with E-state index in [1.54, 1.807) is 12.1 Å². The second-order valence-corrected chi connectivity index (χ2v) is 4.95. The lowest BCUT2D eigenvalue weighted by Gasteiger charge is -2.09. The van der Waals surface area contributed by atoms with Crippen LogP contribution in [0.1, 0.15) is 5.56 Å². The second-order valence-electron chi connectivity index (χ2n) is 4.54. The normalized spacial score (nSPS) is 10.2. The van der Waals surface area contributed by atoms with E-state index in [1.165, 1.54) is 6.07 Å². The second kappa shape index (κ2) is 7.64. The molecule has 0 fully saturated rings. The molecule has 0 heterocycles. The Morgan fingerprint density at radius 3 is 2.62 bits per heavy atom. The number of hydrogen-bond acceptors (Lipinski definition) is 2. The fraction of sp³-hybridized carbons (Fsp3) is 0.188. The number of halogens is 2. The minimum Gasteiger partial charge on any atom is -0.374 e. The van der Waals surface area contributed by atoms with Gasteiger partial charge in [-0.2, -0.15) is 0 Å². The molecule has 5 heteroatoms. The molecule has 0 aliphatic rings. The summed E-state index contributed by atoms with van der Waals surface area (Å²) in [5, 5.41) is 5.54. The average molecular weight is 307 g/mol. The minimum atomic E-state index is -0.545. The zero-order valence-corrected chi connectivity index (χ0v) is 12.2. The van der Waals surface area contributed by atoms with Crippen LogP contribution in [0, 0.1) is 5.82 Å². The first-order valence-electron chi connectivity index (χ1n) is 6.65. The number of benzene rings is 2. The van der Waals surface area contributed by atoms with Crippen molar-refractivity contribution in [2.45, 2.75) is 6.42 Å². The molecule has 0 unspecified atom stereocenters. The highest BCUT2D eigenvalue weighted by molar-refractivity contribution is 6.31. The highest BCUT2D eigenvalue weighted by atomic mass is 35.5. The van der Waals surface area contributed by atoms with E-state index in [2.05, 4.69) is 10.6 Å². The van der Waals surface area contributed by atoms with Crippen LogP contribution in [0.4, 0.5) is 10.1 Å². The lowest BCUT2D eigenvalue weighted by molar-refractivity contribution is -0.119. The first kappa shape index (κ1) is 15.3. The van der Waals surface area contributed by atoms with Crippen LogP contribution in [-0.4, -0.2) is 19.0 Å². The zero-order valence-electron chi connectivity index (χ0n) is 11.4. The quantitative estimate of drug-likeness (QED) is 0.860. The molecule has 0 radical (unpaired) electrons. The standard InChI is InChI=1S/C16H16ClFN2O/c17-13-7-4-8-14(16(13)18)20-11-15(21)19-10-9-12-5-2-1-3-6-12/h1-8,20H,9-11H2,(H,19,21). The molecule has 2 aromatic carbocycles.